The largest absolute Gasteiger partial charge is 0.0651 e. The van der Waals surface area contributed by atoms with Crippen LogP contribution in [0.5, 0.6) is 0 Å². The van der Waals surface area contributed by atoms with Gasteiger partial charge in [0, 0.05) is 0 Å². The molecule has 3 fully saturated rings. The number of hydrogen-bond acceptors (Lipinski definition) is 0. The van der Waals surface area contributed by atoms with Crippen molar-refractivity contribution in [2.75, 3.05) is 0 Å². The van der Waals surface area contributed by atoms with Gasteiger partial charge in [0.05, 0.1) is 0 Å². The number of fused-ring (bicyclic) bond motifs is 1. The van der Waals surface area contributed by atoms with E-state index in [1.165, 1.54) is 44.9 Å². The lowest BCUT2D eigenvalue weighted by Gasteiger charge is -2.29. The van der Waals surface area contributed by atoms with Crippen LogP contribution in [0.4, 0.5) is 0 Å². The van der Waals surface area contributed by atoms with Gasteiger partial charge < -0.3 is 0 Å². The molecule has 0 nitrogen and oxygen atoms in total. The van der Waals surface area contributed by atoms with E-state index in [1.807, 2.05) is 0 Å². The van der Waals surface area contributed by atoms with E-state index in [0.29, 0.717) is 0 Å². The first-order valence-electron chi connectivity index (χ1n) is 12.7. The molecule has 160 valence electrons. The SMILES string of the molecule is CC(C)CC1CCC2CC(C)C(C)C12.CCC(CC)C1C(C)CC(C)C1C. The van der Waals surface area contributed by atoms with E-state index in [1.54, 1.807) is 0 Å². The average Bonchev–Trinajstić information content (AvgIpc) is 3.20. The van der Waals surface area contributed by atoms with E-state index in [-0.39, 0.29) is 0 Å². The van der Waals surface area contributed by atoms with Gasteiger partial charge in [0.2, 0.25) is 0 Å². The summed E-state index contributed by atoms with van der Waals surface area (Å²) in [4.78, 5) is 0. The van der Waals surface area contributed by atoms with Gasteiger partial charge in [0.15, 0.2) is 0 Å². The quantitative estimate of drug-likeness (QED) is 0.450. The van der Waals surface area contributed by atoms with Crippen molar-refractivity contribution in [3.05, 3.63) is 0 Å². The molecule has 0 heterocycles. The summed E-state index contributed by atoms with van der Waals surface area (Å²) >= 11 is 0. The third-order valence-electron chi connectivity index (χ3n) is 9.45. The highest BCUT2D eigenvalue weighted by atomic mass is 14.5. The first-order valence-corrected chi connectivity index (χ1v) is 12.7. The Bertz CT molecular complexity index is 418. The minimum atomic E-state index is 0.904. The molecule has 0 aromatic carbocycles. The first kappa shape index (κ1) is 23.3. The van der Waals surface area contributed by atoms with Gasteiger partial charge in [0.1, 0.15) is 0 Å². The molecule has 9 atom stereocenters. The fraction of sp³-hybridized carbons (Fsp3) is 1.00. The average molecular weight is 377 g/mol. The first-order chi connectivity index (χ1) is 12.7. The summed E-state index contributed by atoms with van der Waals surface area (Å²) in [6.45, 7) is 21.8. The Morgan fingerprint density at radius 1 is 0.741 bits per heavy atom. The van der Waals surface area contributed by atoms with Crippen molar-refractivity contribution in [2.45, 2.75) is 107 Å². The van der Waals surface area contributed by atoms with Crippen molar-refractivity contribution < 1.29 is 0 Å². The summed E-state index contributed by atoms with van der Waals surface area (Å²) in [5, 5.41) is 0. The maximum atomic E-state index is 2.51. The molecule has 9 unspecified atom stereocenters. The maximum absolute atomic E-state index is 2.51. The van der Waals surface area contributed by atoms with Crippen molar-refractivity contribution in [3.8, 4) is 0 Å². The van der Waals surface area contributed by atoms with Crippen LogP contribution in [0.2, 0.25) is 0 Å². The number of hydrogen-bond donors (Lipinski definition) is 0. The molecule has 0 saturated heterocycles. The van der Waals surface area contributed by atoms with Crippen molar-refractivity contribution >= 4 is 0 Å². The molecule has 3 aliphatic rings. The smallest absolute Gasteiger partial charge is 0.0329 e. The van der Waals surface area contributed by atoms with Gasteiger partial charge in [-0.2, -0.15) is 0 Å². The summed E-state index contributed by atoms with van der Waals surface area (Å²) in [5.74, 6) is 11.0. The summed E-state index contributed by atoms with van der Waals surface area (Å²) in [7, 11) is 0. The fourth-order valence-corrected chi connectivity index (χ4v) is 7.87. The highest BCUT2D eigenvalue weighted by Crippen LogP contribution is 2.54. The van der Waals surface area contributed by atoms with E-state index in [2.05, 4.69) is 62.3 Å². The van der Waals surface area contributed by atoms with Gasteiger partial charge in [-0.25, -0.2) is 0 Å². The molecule has 0 aromatic heterocycles. The zero-order valence-corrected chi connectivity index (χ0v) is 20.3. The third kappa shape index (κ3) is 5.33. The second-order valence-corrected chi connectivity index (χ2v) is 11.6. The summed E-state index contributed by atoms with van der Waals surface area (Å²) in [6, 6.07) is 0. The van der Waals surface area contributed by atoms with Gasteiger partial charge in [-0.15, -0.1) is 0 Å². The standard InChI is InChI=1S/C14H26.C13H26/c1-9(2)7-12-5-6-13-8-10(3)11(4)14(12)13;1-6-12(7-2)13-10(4)8-9(3)11(13)5/h9-14H,5-8H2,1-4H3;9-13H,6-8H2,1-5H3. The van der Waals surface area contributed by atoms with Gasteiger partial charge in [0.25, 0.3) is 0 Å². The van der Waals surface area contributed by atoms with Gasteiger partial charge in [-0.3, -0.25) is 0 Å². The lowest BCUT2D eigenvalue weighted by Crippen LogP contribution is -2.22. The lowest BCUT2D eigenvalue weighted by atomic mass is 9.76. The van der Waals surface area contributed by atoms with E-state index >= 15 is 0 Å². The van der Waals surface area contributed by atoms with Crippen molar-refractivity contribution in [1.82, 2.24) is 0 Å². The molecule has 0 aromatic rings. The summed E-state index contributed by atoms with van der Waals surface area (Å²) in [5.41, 5.74) is 0. The molecule has 3 rings (SSSR count). The van der Waals surface area contributed by atoms with E-state index < -0.39 is 0 Å². The predicted molar refractivity (Wildman–Crippen MR) is 122 cm³/mol. The normalized spacial score (nSPS) is 43.9. The Morgan fingerprint density at radius 2 is 1.33 bits per heavy atom. The van der Waals surface area contributed by atoms with Crippen molar-refractivity contribution in [1.29, 1.82) is 0 Å². The molecule has 0 amide bonds. The second kappa shape index (κ2) is 10.2. The van der Waals surface area contributed by atoms with Gasteiger partial charge in [-0.1, -0.05) is 75.2 Å². The topological polar surface area (TPSA) is 0 Å². The predicted octanol–water partition coefficient (Wildman–Crippen LogP) is 8.70. The molecular formula is C27H52. The zero-order chi connectivity index (χ0) is 20.3. The second-order valence-electron chi connectivity index (χ2n) is 11.6. The van der Waals surface area contributed by atoms with Gasteiger partial charge in [-0.05, 0) is 97.2 Å². The minimum absolute atomic E-state index is 0.904. The van der Waals surface area contributed by atoms with Crippen LogP contribution in [0.25, 0.3) is 0 Å². The Hall–Kier alpha value is 0. The molecular weight excluding hydrogens is 324 g/mol. The highest BCUT2D eigenvalue weighted by Gasteiger charge is 2.46. The molecule has 27 heavy (non-hydrogen) atoms. The van der Waals surface area contributed by atoms with Crippen LogP contribution < -0.4 is 0 Å². The molecule has 3 saturated carbocycles. The maximum Gasteiger partial charge on any atom is -0.0329 e. The Balaban J connectivity index is 0.000000194. The van der Waals surface area contributed by atoms with Crippen LogP contribution in [-0.2, 0) is 0 Å². The lowest BCUT2D eigenvalue weighted by molar-refractivity contribution is 0.201. The monoisotopic (exact) mass is 376 g/mol. The molecule has 0 heteroatoms. The van der Waals surface area contributed by atoms with E-state index in [9.17, 15) is 0 Å². The van der Waals surface area contributed by atoms with Crippen LogP contribution in [0, 0.1) is 65.1 Å². The molecule has 0 aliphatic heterocycles. The minimum Gasteiger partial charge on any atom is -0.0651 e. The Kier molecular flexibility index (Phi) is 8.76. The summed E-state index contributed by atoms with van der Waals surface area (Å²) in [6.07, 6.45) is 10.3. The van der Waals surface area contributed by atoms with E-state index in [0.717, 1.165) is 65.1 Å². The van der Waals surface area contributed by atoms with Crippen LogP contribution in [0.15, 0.2) is 0 Å². The van der Waals surface area contributed by atoms with Gasteiger partial charge >= 0.3 is 0 Å². The van der Waals surface area contributed by atoms with Crippen molar-refractivity contribution in [2.24, 2.45) is 65.1 Å². The van der Waals surface area contributed by atoms with Crippen LogP contribution >= 0.6 is 0 Å². The Morgan fingerprint density at radius 3 is 1.81 bits per heavy atom. The van der Waals surface area contributed by atoms with Crippen molar-refractivity contribution in [3.63, 3.8) is 0 Å². The zero-order valence-electron chi connectivity index (χ0n) is 20.3. The highest BCUT2D eigenvalue weighted by molar-refractivity contribution is 4.95. The van der Waals surface area contributed by atoms with Crippen LogP contribution in [0.1, 0.15) is 107 Å². The van der Waals surface area contributed by atoms with Crippen LogP contribution in [0.3, 0.4) is 0 Å². The molecule has 0 spiro atoms. The number of rotatable bonds is 5. The van der Waals surface area contributed by atoms with E-state index in [4.69, 9.17) is 0 Å². The molecule has 3 aliphatic carbocycles. The molecule has 0 radical (unpaired) electrons. The third-order valence-corrected chi connectivity index (χ3v) is 9.45. The fourth-order valence-electron chi connectivity index (χ4n) is 7.87. The summed E-state index contributed by atoms with van der Waals surface area (Å²) < 4.78 is 0. The molecule has 0 bridgehead atoms. The van der Waals surface area contributed by atoms with Crippen LogP contribution in [-0.4, -0.2) is 0 Å². The molecule has 0 N–H and O–H groups in total. The Labute approximate surface area is 172 Å².